The first-order chi connectivity index (χ1) is 15.3. The third-order valence-electron chi connectivity index (χ3n) is 5.37. The lowest BCUT2D eigenvalue weighted by Crippen LogP contribution is -2.29. The molecular weight excluding hydrogens is 413 g/mol. The Morgan fingerprint density at radius 1 is 1.00 bits per heavy atom. The van der Waals surface area contributed by atoms with Crippen molar-refractivity contribution >= 4 is 23.1 Å². The van der Waals surface area contributed by atoms with Crippen LogP contribution in [0, 0.1) is 12.7 Å². The molecule has 3 aromatic rings. The largest absolute Gasteiger partial charge is 0.508 e. The summed E-state index contributed by atoms with van der Waals surface area (Å²) in [5.74, 6) is -2.27. The topological polar surface area (TPSA) is 87.1 Å². The van der Waals surface area contributed by atoms with Crippen molar-refractivity contribution in [3.05, 3.63) is 94.8 Å². The van der Waals surface area contributed by atoms with E-state index in [-0.39, 0.29) is 22.6 Å². The summed E-state index contributed by atoms with van der Waals surface area (Å²) >= 11 is 0. The summed E-state index contributed by atoms with van der Waals surface area (Å²) in [6.07, 6.45) is 0. The fourth-order valence-electron chi connectivity index (χ4n) is 3.82. The first kappa shape index (κ1) is 21.1. The number of phenols is 1. The van der Waals surface area contributed by atoms with Gasteiger partial charge in [0.1, 0.15) is 23.1 Å². The lowest BCUT2D eigenvalue weighted by atomic mass is 9.94. The van der Waals surface area contributed by atoms with Gasteiger partial charge in [-0.2, -0.15) is 0 Å². The number of anilines is 1. The number of ketones is 1. The van der Waals surface area contributed by atoms with Gasteiger partial charge in [0.15, 0.2) is 0 Å². The Morgan fingerprint density at radius 3 is 2.28 bits per heavy atom. The number of halogens is 1. The van der Waals surface area contributed by atoms with E-state index in [9.17, 15) is 24.2 Å². The summed E-state index contributed by atoms with van der Waals surface area (Å²) < 4.78 is 18.8. The first-order valence-electron chi connectivity index (χ1n) is 9.82. The molecule has 2 N–H and O–H groups in total. The van der Waals surface area contributed by atoms with Gasteiger partial charge in [-0.25, -0.2) is 4.39 Å². The second-order valence-electron chi connectivity index (χ2n) is 7.44. The minimum Gasteiger partial charge on any atom is -0.508 e. The second-order valence-corrected chi connectivity index (χ2v) is 7.44. The van der Waals surface area contributed by atoms with E-state index < -0.39 is 23.5 Å². The van der Waals surface area contributed by atoms with Crippen molar-refractivity contribution in [3.8, 4) is 11.5 Å². The van der Waals surface area contributed by atoms with Crippen LogP contribution in [0.15, 0.2) is 72.3 Å². The number of ether oxygens (including phenoxy) is 1. The number of hydrogen-bond acceptors (Lipinski definition) is 5. The van der Waals surface area contributed by atoms with Crippen molar-refractivity contribution in [2.24, 2.45) is 0 Å². The number of Topliss-reactive ketones (excluding diaryl/α,β-unsaturated/α-hetero) is 1. The van der Waals surface area contributed by atoms with Crippen LogP contribution >= 0.6 is 0 Å². The van der Waals surface area contributed by atoms with Gasteiger partial charge in [-0.15, -0.1) is 0 Å². The van der Waals surface area contributed by atoms with Crippen molar-refractivity contribution in [2.75, 3.05) is 12.0 Å². The molecule has 4 rings (SSSR count). The van der Waals surface area contributed by atoms with E-state index in [0.29, 0.717) is 17.0 Å². The Balaban J connectivity index is 1.98. The molecule has 1 atom stereocenters. The maximum atomic E-state index is 13.5. The van der Waals surface area contributed by atoms with Gasteiger partial charge in [-0.3, -0.25) is 14.5 Å². The number of phenolic OH excluding ortho intramolecular Hbond substituents is 1. The maximum absolute atomic E-state index is 13.5. The molecule has 0 radical (unpaired) electrons. The number of rotatable bonds is 4. The molecule has 0 saturated carbocycles. The Labute approximate surface area is 183 Å². The van der Waals surface area contributed by atoms with Crippen molar-refractivity contribution in [1.82, 2.24) is 0 Å². The minimum absolute atomic E-state index is 0.00726. The van der Waals surface area contributed by atoms with E-state index in [1.807, 2.05) is 6.92 Å². The second kappa shape index (κ2) is 8.19. The third-order valence-corrected chi connectivity index (χ3v) is 5.37. The zero-order valence-corrected chi connectivity index (χ0v) is 17.4. The summed E-state index contributed by atoms with van der Waals surface area (Å²) in [5.41, 5.74) is 1.74. The molecule has 0 spiro atoms. The van der Waals surface area contributed by atoms with Crippen LogP contribution in [-0.2, 0) is 9.59 Å². The smallest absolute Gasteiger partial charge is 0.300 e. The van der Waals surface area contributed by atoms with Crippen LogP contribution in [-0.4, -0.2) is 29.0 Å². The standard InChI is InChI=1S/C25H20FNO5/c1-14-3-12-20(32-2)19(13-14)23(29)21-22(15-4-10-18(28)11-5-15)27(25(31)24(21)30)17-8-6-16(26)7-9-17/h3-13,22,28-29H,1-2H3/b23-21+. The number of carbonyl (C=O) groups excluding carboxylic acids is 2. The normalized spacial score (nSPS) is 17.6. The summed E-state index contributed by atoms with van der Waals surface area (Å²) in [5, 5.41) is 20.9. The van der Waals surface area contributed by atoms with E-state index in [0.717, 1.165) is 5.56 Å². The van der Waals surface area contributed by atoms with Crippen molar-refractivity contribution in [1.29, 1.82) is 0 Å². The molecule has 1 fully saturated rings. The highest BCUT2D eigenvalue weighted by atomic mass is 19.1. The molecule has 1 amide bonds. The lowest BCUT2D eigenvalue weighted by molar-refractivity contribution is -0.132. The van der Waals surface area contributed by atoms with Gasteiger partial charge in [-0.1, -0.05) is 23.8 Å². The van der Waals surface area contributed by atoms with Crippen LogP contribution in [0.1, 0.15) is 22.7 Å². The van der Waals surface area contributed by atoms with Crippen LogP contribution < -0.4 is 9.64 Å². The number of aromatic hydroxyl groups is 1. The number of aliphatic hydroxyl groups is 1. The number of methoxy groups -OCH3 is 1. The number of amides is 1. The number of nitrogens with zero attached hydrogens (tertiary/aromatic N) is 1. The Bertz CT molecular complexity index is 1230. The minimum atomic E-state index is -0.994. The molecule has 32 heavy (non-hydrogen) atoms. The van der Waals surface area contributed by atoms with Gasteiger partial charge in [0.25, 0.3) is 11.7 Å². The number of aryl methyl sites for hydroxylation is 1. The Hall–Kier alpha value is -4.13. The van der Waals surface area contributed by atoms with Gasteiger partial charge >= 0.3 is 0 Å². The quantitative estimate of drug-likeness (QED) is 0.360. The average Bonchev–Trinajstić information content (AvgIpc) is 3.05. The predicted molar refractivity (Wildman–Crippen MR) is 117 cm³/mol. The summed E-state index contributed by atoms with van der Waals surface area (Å²) in [6.45, 7) is 1.82. The predicted octanol–water partition coefficient (Wildman–Crippen LogP) is 4.47. The molecule has 1 saturated heterocycles. The number of hydrogen-bond donors (Lipinski definition) is 2. The molecule has 1 aliphatic heterocycles. The van der Waals surface area contributed by atoms with Crippen LogP contribution in [0.4, 0.5) is 10.1 Å². The van der Waals surface area contributed by atoms with E-state index in [2.05, 4.69) is 0 Å². The molecule has 1 heterocycles. The fraction of sp³-hybridized carbons (Fsp3) is 0.120. The zero-order chi connectivity index (χ0) is 23.0. The Kier molecular flexibility index (Phi) is 5.40. The molecule has 1 aliphatic rings. The van der Waals surface area contributed by atoms with Crippen LogP contribution in [0.2, 0.25) is 0 Å². The van der Waals surface area contributed by atoms with Crippen molar-refractivity contribution in [3.63, 3.8) is 0 Å². The van der Waals surface area contributed by atoms with Crippen LogP contribution in [0.25, 0.3) is 5.76 Å². The van der Waals surface area contributed by atoms with E-state index in [4.69, 9.17) is 4.74 Å². The highest BCUT2D eigenvalue weighted by Gasteiger charge is 2.47. The zero-order valence-electron chi connectivity index (χ0n) is 17.4. The number of carbonyl (C=O) groups is 2. The maximum Gasteiger partial charge on any atom is 0.300 e. The van der Waals surface area contributed by atoms with E-state index >= 15 is 0 Å². The molecule has 162 valence electrons. The van der Waals surface area contributed by atoms with Gasteiger partial charge in [-0.05, 0) is 61.0 Å². The first-order valence-corrected chi connectivity index (χ1v) is 9.82. The van der Waals surface area contributed by atoms with Crippen LogP contribution in [0.5, 0.6) is 11.5 Å². The van der Waals surface area contributed by atoms with Gasteiger partial charge in [0.05, 0.1) is 24.3 Å². The lowest BCUT2D eigenvalue weighted by Gasteiger charge is -2.25. The van der Waals surface area contributed by atoms with Gasteiger partial charge < -0.3 is 14.9 Å². The van der Waals surface area contributed by atoms with Crippen molar-refractivity contribution < 1.29 is 28.9 Å². The highest BCUT2D eigenvalue weighted by Crippen LogP contribution is 2.43. The van der Waals surface area contributed by atoms with Crippen LogP contribution in [0.3, 0.4) is 0 Å². The third kappa shape index (κ3) is 3.58. The monoisotopic (exact) mass is 433 g/mol. The highest BCUT2D eigenvalue weighted by molar-refractivity contribution is 6.51. The fourth-order valence-corrected chi connectivity index (χ4v) is 3.82. The summed E-state index contributed by atoms with van der Waals surface area (Å²) in [7, 11) is 1.44. The average molecular weight is 433 g/mol. The van der Waals surface area contributed by atoms with E-state index in [1.54, 1.807) is 30.3 Å². The van der Waals surface area contributed by atoms with Crippen molar-refractivity contribution in [2.45, 2.75) is 13.0 Å². The van der Waals surface area contributed by atoms with Gasteiger partial charge in [0.2, 0.25) is 0 Å². The molecule has 6 nitrogen and oxygen atoms in total. The number of benzene rings is 3. The number of aliphatic hydroxyl groups excluding tert-OH is 1. The van der Waals surface area contributed by atoms with Gasteiger partial charge in [0, 0.05) is 5.69 Å². The summed E-state index contributed by atoms with van der Waals surface area (Å²) in [4.78, 5) is 27.4. The molecule has 7 heteroatoms. The molecule has 0 bridgehead atoms. The molecule has 1 unspecified atom stereocenters. The summed E-state index contributed by atoms with van der Waals surface area (Å²) in [6, 6.07) is 15.2. The molecule has 0 aromatic heterocycles. The molecule has 3 aromatic carbocycles. The molecular formula is C25H20FNO5. The Morgan fingerprint density at radius 2 is 1.66 bits per heavy atom. The van der Waals surface area contributed by atoms with E-state index in [1.165, 1.54) is 48.4 Å². The SMILES string of the molecule is COc1ccc(C)cc1/C(O)=C1\C(=O)C(=O)N(c2ccc(F)cc2)C1c1ccc(O)cc1. The molecule has 0 aliphatic carbocycles.